The van der Waals surface area contributed by atoms with Crippen molar-refractivity contribution in [3.8, 4) is 11.1 Å². The smallest absolute Gasteiger partial charge is 0.145 e. The average molecular weight is 263 g/mol. The topological polar surface area (TPSA) is 0 Å². The average Bonchev–Trinajstić information content (AvgIpc) is 2.32. The van der Waals surface area contributed by atoms with Crippen LogP contribution >= 0.6 is 11.6 Å². The summed E-state index contributed by atoms with van der Waals surface area (Å²) in [5.41, 5.74) is 3.88. The predicted molar refractivity (Wildman–Crippen MR) is 75.7 cm³/mol. The Balaban J connectivity index is 2.59. The number of rotatable bonds is 2. The summed E-state index contributed by atoms with van der Waals surface area (Å²) in [4.78, 5) is 0. The maximum atomic E-state index is 13.9. The summed E-state index contributed by atoms with van der Waals surface area (Å²) in [5.74, 6) is -0.185. The van der Waals surface area contributed by atoms with E-state index in [9.17, 15) is 4.39 Å². The SMILES string of the molecule is Cc1cccc(-c2cc(Cl)c(F)c(C(C)C)c2)c1. The first-order valence-electron chi connectivity index (χ1n) is 6.05. The molecule has 0 aliphatic rings. The Hall–Kier alpha value is -1.34. The van der Waals surface area contributed by atoms with Gasteiger partial charge in [0.15, 0.2) is 0 Å². The van der Waals surface area contributed by atoms with Crippen molar-refractivity contribution in [1.82, 2.24) is 0 Å². The molecule has 2 heteroatoms. The van der Waals surface area contributed by atoms with E-state index in [0.29, 0.717) is 5.56 Å². The van der Waals surface area contributed by atoms with E-state index in [0.717, 1.165) is 11.1 Å². The fourth-order valence-corrected chi connectivity index (χ4v) is 2.25. The Morgan fingerprint density at radius 3 is 2.39 bits per heavy atom. The fourth-order valence-electron chi connectivity index (χ4n) is 2.02. The molecule has 0 aliphatic carbocycles. The van der Waals surface area contributed by atoms with Crippen molar-refractivity contribution in [2.24, 2.45) is 0 Å². The van der Waals surface area contributed by atoms with Gasteiger partial charge in [-0.15, -0.1) is 0 Å². The van der Waals surface area contributed by atoms with Gasteiger partial charge < -0.3 is 0 Å². The summed E-state index contributed by atoms with van der Waals surface area (Å²) in [6.07, 6.45) is 0. The van der Waals surface area contributed by atoms with E-state index in [2.05, 4.69) is 6.07 Å². The van der Waals surface area contributed by atoms with Crippen molar-refractivity contribution >= 4 is 11.6 Å². The molecule has 0 N–H and O–H groups in total. The van der Waals surface area contributed by atoms with Crippen LogP contribution in [0.25, 0.3) is 11.1 Å². The molecule has 0 saturated heterocycles. The molecule has 0 saturated carbocycles. The molecule has 2 rings (SSSR count). The Morgan fingerprint density at radius 2 is 1.78 bits per heavy atom. The molecular weight excluding hydrogens is 247 g/mol. The lowest BCUT2D eigenvalue weighted by atomic mass is 9.96. The Bertz CT molecular complexity index is 573. The summed E-state index contributed by atoms with van der Waals surface area (Å²) in [7, 11) is 0. The van der Waals surface area contributed by atoms with Crippen LogP contribution in [0, 0.1) is 12.7 Å². The van der Waals surface area contributed by atoms with E-state index in [1.807, 2.05) is 45.0 Å². The van der Waals surface area contributed by atoms with Crippen LogP contribution in [0.15, 0.2) is 36.4 Å². The maximum absolute atomic E-state index is 13.9. The summed E-state index contributed by atoms with van der Waals surface area (Å²) >= 11 is 5.98. The second kappa shape index (κ2) is 5.11. The molecule has 94 valence electrons. The maximum Gasteiger partial charge on any atom is 0.145 e. The highest BCUT2D eigenvalue weighted by Crippen LogP contribution is 2.31. The Labute approximate surface area is 112 Å². The predicted octanol–water partition coefficient (Wildman–Crippen LogP) is 5.58. The highest BCUT2D eigenvalue weighted by Gasteiger charge is 2.13. The number of hydrogen-bond acceptors (Lipinski definition) is 0. The van der Waals surface area contributed by atoms with Crippen LogP contribution in [0.1, 0.15) is 30.9 Å². The summed E-state index contributed by atoms with van der Waals surface area (Å²) in [6, 6.07) is 11.7. The van der Waals surface area contributed by atoms with Crippen LogP contribution in [0.4, 0.5) is 4.39 Å². The lowest BCUT2D eigenvalue weighted by Gasteiger charge is -2.12. The molecule has 0 radical (unpaired) electrons. The van der Waals surface area contributed by atoms with Crippen LogP contribution in [0.5, 0.6) is 0 Å². The van der Waals surface area contributed by atoms with Gasteiger partial charge in [-0.2, -0.15) is 0 Å². The second-order valence-corrected chi connectivity index (χ2v) is 5.29. The fraction of sp³-hybridized carbons (Fsp3) is 0.250. The van der Waals surface area contributed by atoms with Crippen LogP contribution in [0.3, 0.4) is 0 Å². The molecule has 0 unspecified atom stereocenters. The lowest BCUT2D eigenvalue weighted by molar-refractivity contribution is 0.599. The molecular formula is C16H16ClF. The van der Waals surface area contributed by atoms with Gasteiger partial charge in [0.2, 0.25) is 0 Å². The summed E-state index contributed by atoms with van der Waals surface area (Å²) < 4.78 is 13.9. The molecule has 0 spiro atoms. The second-order valence-electron chi connectivity index (χ2n) is 4.89. The van der Waals surface area contributed by atoms with Gasteiger partial charge in [-0.1, -0.05) is 55.3 Å². The van der Waals surface area contributed by atoms with Gasteiger partial charge in [-0.05, 0) is 41.7 Å². The van der Waals surface area contributed by atoms with E-state index in [1.165, 1.54) is 5.56 Å². The standard InChI is InChI=1S/C16H16ClF/c1-10(2)14-8-13(9-15(17)16(14)18)12-6-4-5-11(3)7-12/h4-10H,1-3H3. The number of aryl methyl sites for hydroxylation is 1. The van der Waals surface area contributed by atoms with E-state index in [4.69, 9.17) is 11.6 Å². The van der Waals surface area contributed by atoms with Gasteiger partial charge in [0.1, 0.15) is 5.82 Å². The van der Waals surface area contributed by atoms with Crippen molar-refractivity contribution in [2.75, 3.05) is 0 Å². The van der Waals surface area contributed by atoms with Gasteiger partial charge in [0.05, 0.1) is 5.02 Å². The first-order chi connectivity index (χ1) is 8.49. The molecule has 0 heterocycles. The lowest BCUT2D eigenvalue weighted by Crippen LogP contribution is -1.95. The molecule has 0 fully saturated rings. The molecule has 2 aromatic carbocycles. The molecule has 0 amide bonds. The van der Waals surface area contributed by atoms with E-state index in [1.54, 1.807) is 6.07 Å². The molecule has 0 bridgehead atoms. The van der Waals surface area contributed by atoms with Crippen LogP contribution in [-0.4, -0.2) is 0 Å². The Kier molecular flexibility index (Phi) is 3.72. The third-order valence-electron chi connectivity index (χ3n) is 3.03. The molecule has 18 heavy (non-hydrogen) atoms. The van der Waals surface area contributed by atoms with Crippen molar-refractivity contribution in [2.45, 2.75) is 26.7 Å². The largest absolute Gasteiger partial charge is 0.205 e. The zero-order chi connectivity index (χ0) is 13.3. The zero-order valence-electron chi connectivity index (χ0n) is 10.8. The van der Waals surface area contributed by atoms with Crippen molar-refractivity contribution in [3.05, 3.63) is 58.4 Å². The molecule has 0 aromatic heterocycles. The van der Waals surface area contributed by atoms with Gasteiger partial charge in [0, 0.05) is 0 Å². The first-order valence-corrected chi connectivity index (χ1v) is 6.43. The van der Waals surface area contributed by atoms with E-state index < -0.39 is 0 Å². The van der Waals surface area contributed by atoms with E-state index in [-0.39, 0.29) is 16.8 Å². The van der Waals surface area contributed by atoms with Crippen molar-refractivity contribution in [3.63, 3.8) is 0 Å². The van der Waals surface area contributed by atoms with E-state index >= 15 is 0 Å². The highest BCUT2D eigenvalue weighted by molar-refractivity contribution is 6.31. The third-order valence-corrected chi connectivity index (χ3v) is 3.30. The number of halogens is 2. The third kappa shape index (κ3) is 2.56. The Morgan fingerprint density at radius 1 is 1.06 bits per heavy atom. The molecule has 0 atom stereocenters. The van der Waals surface area contributed by atoms with Gasteiger partial charge in [0.25, 0.3) is 0 Å². The van der Waals surface area contributed by atoms with Gasteiger partial charge in [-0.25, -0.2) is 4.39 Å². The summed E-state index contributed by atoms with van der Waals surface area (Å²) in [6.45, 7) is 5.97. The molecule has 0 aliphatic heterocycles. The van der Waals surface area contributed by atoms with Gasteiger partial charge >= 0.3 is 0 Å². The minimum absolute atomic E-state index is 0.118. The minimum atomic E-state index is -0.303. The zero-order valence-corrected chi connectivity index (χ0v) is 11.6. The molecule has 2 aromatic rings. The quantitative estimate of drug-likeness (QED) is 0.663. The monoisotopic (exact) mass is 262 g/mol. The van der Waals surface area contributed by atoms with Crippen molar-refractivity contribution < 1.29 is 4.39 Å². The van der Waals surface area contributed by atoms with Crippen LogP contribution in [-0.2, 0) is 0 Å². The highest BCUT2D eigenvalue weighted by atomic mass is 35.5. The number of benzene rings is 2. The number of hydrogen-bond donors (Lipinski definition) is 0. The van der Waals surface area contributed by atoms with Crippen LogP contribution < -0.4 is 0 Å². The molecule has 0 nitrogen and oxygen atoms in total. The minimum Gasteiger partial charge on any atom is -0.205 e. The van der Waals surface area contributed by atoms with Gasteiger partial charge in [-0.3, -0.25) is 0 Å². The normalized spacial score (nSPS) is 11.0. The van der Waals surface area contributed by atoms with Crippen molar-refractivity contribution in [1.29, 1.82) is 0 Å². The first kappa shape index (κ1) is 13.1. The van der Waals surface area contributed by atoms with Crippen LogP contribution in [0.2, 0.25) is 5.02 Å². The summed E-state index contributed by atoms with van der Waals surface area (Å²) in [5, 5.41) is 0.192.